The molecule has 2 aromatic heterocycles. The summed E-state index contributed by atoms with van der Waals surface area (Å²) in [6, 6.07) is 25.6. The zero-order valence-corrected chi connectivity index (χ0v) is 20.0. The number of nitrogens with two attached hydrogens (primary N) is 1. The number of rotatable bonds is 7. The molecule has 0 aliphatic rings. The fourth-order valence-corrected chi connectivity index (χ4v) is 4.17. The van der Waals surface area contributed by atoms with Gasteiger partial charge < -0.3 is 19.8 Å². The number of nitrogen functional groups attached to an aromatic ring is 1. The van der Waals surface area contributed by atoms with Crippen LogP contribution in [0, 0.1) is 0 Å². The minimum Gasteiger partial charge on any atom is -0.489 e. The maximum absolute atomic E-state index is 13.7. The molecule has 0 aliphatic heterocycles. The predicted octanol–water partition coefficient (Wildman–Crippen LogP) is 3.77. The molecule has 9 heteroatoms. The third-order valence-corrected chi connectivity index (χ3v) is 6.06. The van der Waals surface area contributed by atoms with Crippen LogP contribution < -0.4 is 26.6 Å². The number of ether oxygens (including phenoxy) is 1. The summed E-state index contributed by atoms with van der Waals surface area (Å²) >= 11 is 0. The zero-order chi connectivity index (χ0) is 25.9. The lowest BCUT2D eigenvalue weighted by atomic mass is 10.1. The van der Waals surface area contributed by atoms with Gasteiger partial charge in [0.25, 0.3) is 11.5 Å². The van der Waals surface area contributed by atoms with E-state index in [9.17, 15) is 14.4 Å². The minimum atomic E-state index is -0.777. The van der Waals surface area contributed by atoms with Gasteiger partial charge in [0.2, 0.25) is 0 Å². The van der Waals surface area contributed by atoms with Gasteiger partial charge in [-0.05, 0) is 23.8 Å². The van der Waals surface area contributed by atoms with E-state index < -0.39 is 17.2 Å². The van der Waals surface area contributed by atoms with Crippen molar-refractivity contribution in [3.8, 4) is 5.75 Å². The van der Waals surface area contributed by atoms with Crippen LogP contribution in [0.4, 0.5) is 11.5 Å². The molecule has 0 radical (unpaired) electrons. The summed E-state index contributed by atoms with van der Waals surface area (Å²) in [5, 5.41) is 0.714. The van der Waals surface area contributed by atoms with Crippen molar-refractivity contribution in [2.24, 2.45) is 0 Å². The van der Waals surface area contributed by atoms with Gasteiger partial charge in [-0.1, -0.05) is 66.7 Å². The third-order valence-electron chi connectivity index (χ3n) is 6.06. The molecule has 1 amide bonds. The Bertz CT molecular complexity index is 1690. The van der Waals surface area contributed by atoms with Crippen LogP contribution in [-0.4, -0.2) is 22.5 Å². The van der Waals surface area contributed by atoms with Gasteiger partial charge in [0.05, 0.1) is 6.54 Å². The normalized spacial score (nSPS) is 10.9. The Kier molecular flexibility index (Phi) is 6.34. The van der Waals surface area contributed by atoms with E-state index in [4.69, 9.17) is 14.9 Å². The van der Waals surface area contributed by atoms with E-state index in [1.165, 1.54) is 11.6 Å². The molecule has 2 heterocycles. The van der Waals surface area contributed by atoms with Crippen molar-refractivity contribution < 1.29 is 13.9 Å². The Labute approximate surface area is 211 Å². The second kappa shape index (κ2) is 9.90. The first kappa shape index (κ1) is 23.7. The van der Waals surface area contributed by atoms with Crippen LogP contribution in [0.2, 0.25) is 0 Å². The molecule has 5 rings (SSSR count). The van der Waals surface area contributed by atoms with Crippen molar-refractivity contribution in [2.75, 3.05) is 17.7 Å². The number of hydrogen-bond acceptors (Lipinski definition) is 6. The number of aromatic amines is 1. The Morgan fingerprint density at radius 2 is 1.62 bits per heavy atom. The smallest absolute Gasteiger partial charge is 0.330 e. The van der Waals surface area contributed by atoms with E-state index in [0.717, 1.165) is 10.5 Å². The van der Waals surface area contributed by atoms with Crippen molar-refractivity contribution in [1.29, 1.82) is 0 Å². The largest absolute Gasteiger partial charge is 0.489 e. The van der Waals surface area contributed by atoms with Crippen molar-refractivity contribution >= 4 is 28.4 Å². The summed E-state index contributed by atoms with van der Waals surface area (Å²) in [6.45, 7) is 0.188. The topological polar surface area (TPSA) is 124 Å². The van der Waals surface area contributed by atoms with Gasteiger partial charge in [0.15, 0.2) is 11.4 Å². The molecule has 0 saturated heterocycles. The first-order valence-corrected chi connectivity index (χ1v) is 11.6. The Morgan fingerprint density at radius 1 is 0.973 bits per heavy atom. The maximum Gasteiger partial charge on any atom is 0.330 e. The van der Waals surface area contributed by atoms with Gasteiger partial charge >= 0.3 is 5.69 Å². The lowest BCUT2D eigenvalue weighted by Crippen LogP contribution is -2.39. The Morgan fingerprint density at radius 3 is 2.35 bits per heavy atom. The van der Waals surface area contributed by atoms with E-state index >= 15 is 0 Å². The quantitative estimate of drug-likeness (QED) is 0.354. The number of aromatic nitrogens is 2. The molecular formula is C28H24N4O5. The highest BCUT2D eigenvalue weighted by Crippen LogP contribution is 2.29. The van der Waals surface area contributed by atoms with Gasteiger partial charge in [-0.2, -0.15) is 0 Å². The molecule has 0 spiro atoms. The lowest BCUT2D eigenvalue weighted by Gasteiger charge is -2.20. The van der Waals surface area contributed by atoms with Crippen molar-refractivity contribution in [3.63, 3.8) is 0 Å². The molecular weight excluding hydrogens is 472 g/mol. The molecule has 9 nitrogen and oxygen atoms in total. The second-order valence-electron chi connectivity index (χ2n) is 8.44. The standard InChI is InChI=1S/C28H24N4O5/c1-31(23-25(29)32(28(35)30-26(23)33)16-18-10-4-2-5-11-18)27(34)24-21(17-36-19-12-6-3-7-13-19)20-14-8-9-15-22(20)37-24/h2-15H,16-17,29H2,1H3,(H,30,33,35). The highest BCUT2D eigenvalue weighted by Gasteiger charge is 2.28. The van der Waals surface area contributed by atoms with Gasteiger partial charge in [0.1, 0.15) is 23.8 Å². The number of carbonyl (C=O) groups is 1. The van der Waals surface area contributed by atoms with Crippen molar-refractivity contribution in [2.45, 2.75) is 13.2 Å². The maximum atomic E-state index is 13.7. The number of nitrogens with one attached hydrogen (secondary N) is 1. The summed E-state index contributed by atoms with van der Waals surface area (Å²) in [6.07, 6.45) is 0. The number of H-pyrrole nitrogens is 1. The van der Waals surface area contributed by atoms with Gasteiger partial charge in [0, 0.05) is 18.0 Å². The van der Waals surface area contributed by atoms with Crippen molar-refractivity contribution in [1.82, 2.24) is 9.55 Å². The molecule has 0 aliphatic carbocycles. The summed E-state index contributed by atoms with van der Waals surface area (Å²) in [7, 11) is 1.41. The van der Waals surface area contributed by atoms with Gasteiger partial charge in [-0.3, -0.25) is 19.1 Å². The molecule has 186 valence electrons. The highest BCUT2D eigenvalue weighted by atomic mass is 16.5. The average Bonchev–Trinajstić information content (AvgIpc) is 3.29. The number of benzene rings is 3. The number of carbonyl (C=O) groups excluding carboxylic acids is 1. The summed E-state index contributed by atoms with van der Waals surface area (Å²) < 4.78 is 13.1. The molecule has 0 saturated carbocycles. The fourth-order valence-electron chi connectivity index (χ4n) is 4.17. The second-order valence-corrected chi connectivity index (χ2v) is 8.44. The molecule has 0 fully saturated rings. The van der Waals surface area contributed by atoms with Crippen LogP contribution in [0.15, 0.2) is 98.9 Å². The summed E-state index contributed by atoms with van der Waals surface area (Å²) in [5.74, 6) is -0.0935. The summed E-state index contributed by atoms with van der Waals surface area (Å²) in [4.78, 5) is 42.4. The lowest BCUT2D eigenvalue weighted by molar-refractivity contribution is 0.0965. The number of hydrogen-bond donors (Lipinski definition) is 2. The van der Waals surface area contributed by atoms with E-state index in [2.05, 4.69) is 4.98 Å². The van der Waals surface area contributed by atoms with Crippen LogP contribution in [0.1, 0.15) is 21.7 Å². The van der Waals surface area contributed by atoms with Crippen LogP contribution in [0.25, 0.3) is 11.0 Å². The SMILES string of the molecule is CN(C(=O)c1oc2ccccc2c1COc1ccccc1)c1c(N)n(Cc2ccccc2)c(=O)[nH]c1=O. The van der Waals surface area contributed by atoms with E-state index in [-0.39, 0.29) is 30.4 Å². The first-order chi connectivity index (χ1) is 17.9. The predicted molar refractivity (Wildman–Crippen MR) is 141 cm³/mol. The molecule has 3 N–H and O–H groups in total. The number of nitrogens with zero attached hydrogens (tertiary/aromatic N) is 2. The number of amides is 1. The van der Waals surface area contributed by atoms with Crippen LogP contribution >= 0.6 is 0 Å². The third kappa shape index (κ3) is 4.62. The molecule has 5 aromatic rings. The number of fused-ring (bicyclic) bond motifs is 1. The van der Waals surface area contributed by atoms with Gasteiger partial charge in [-0.25, -0.2) is 4.79 Å². The highest BCUT2D eigenvalue weighted by molar-refractivity contribution is 6.08. The molecule has 0 bridgehead atoms. The van der Waals surface area contributed by atoms with Gasteiger partial charge in [-0.15, -0.1) is 0 Å². The van der Waals surface area contributed by atoms with Crippen LogP contribution in [0.5, 0.6) is 5.75 Å². The molecule has 3 aromatic carbocycles. The fraction of sp³-hybridized carbons (Fsp3) is 0.107. The monoisotopic (exact) mass is 496 g/mol. The van der Waals surface area contributed by atoms with Crippen LogP contribution in [-0.2, 0) is 13.2 Å². The van der Waals surface area contributed by atoms with Crippen LogP contribution in [0.3, 0.4) is 0 Å². The molecule has 37 heavy (non-hydrogen) atoms. The number of anilines is 2. The number of para-hydroxylation sites is 2. The summed E-state index contributed by atoms with van der Waals surface area (Å²) in [5.41, 5.74) is 6.53. The molecule has 0 unspecified atom stereocenters. The van der Waals surface area contributed by atoms with E-state index in [0.29, 0.717) is 22.3 Å². The molecule has 0 atom stereocenters. The van der Waals surface area contributed by atoms with E-state index in [1.807, 2.05) is 72.8 Å². The Hall–Kier alpha value is -5.05. The first-order valence-electron chi connectivity index (χ1n) is 11.6. The Balaban J connectivity index is 1.53. The zero-order valence-electron chi connectivity index (χ0n) is 20.0. The minimum absolute atomic E-state index is 0.0132. The van der Waals surface area contributed by atoms with Crippen molar-refractivity contribution in [3.05, 3.63) is 123 Å². The van der Waals surface area contributed by atoms with E-state index in [1.54, 1.807) is 12.1 Å². The number of furan rings is 1. The average molecular weight is 497 g/mol.